The minimum absolute atomic E-state index is 0.472. The average molecular weight is 251 g/mol. The van der Waals surface area contributed by atoms with Crippen LogP contribution >= 0.6 is 11.5 Å². The van der Waals surface area contributed by atoms with Gasteiger partial charge in [-0.25, -0.2) is 0 Å². The Labute approximate surface area is 107 Å². The van der Waals surface area contributed by atoms with Crippen LogP contribution in [0, 0.1) is 24.7 Å². The second-order valence-corrected chi connectivity index (χ2v) is 6.52. The van der Waals surface area contributed by atoms with Crippen LogP contribution in [0.3, 0.4) is 0 Å². The first-order chi connectivity index (χ1) is 8.28. The average Bonchev–Trinajstić information content (AvgIpc) is 3.02. The summed E-state index contributed by atoms with van der Waals surface area (Å²) in [4.78, 5) is 1.34. The van der Waals surface area contributed by atoms with Crippen LogP contribution in [0.4, 0.5) is 0 Å². The Kier molecular flexibility index (Phi) is 3.17. The SMILES string of the molecule is CNC(CC1CC2CCC1C2)c1snnc1C. The zero-order valence-corrected chi connectivity index (χ0v) is 11.5. The lowest BCUT2D eigenvalue weighted by Crippen LogP contribution is -2.22. The number of nitrogens with zero attached hydrogens (tertiary/aromatic N) is 2. The van der Waals surface area contributed by atoms with Crippen LogP contribution in [-0.2, 0) is 0 Å². The van der Waals surface area contributed by atoms with Crippen molar-refractivity contribution in [2.75, 3.05) is 7.05 Å². The van der Waals surface area contributed by atoms with Crippen molar-refractivity contribution in [3.63, 3.8) is 0 Å². The number of aromatic nitrogens is 2. The van der Waals surface area contributed by atoms with Gasteiger partial charge in [-0.15, -0.1) is 5.10 Å². The first-order valence-electron chi connectivity index (χ1n) is 6.74. The van der Waals surface area contributed by atoms with E-state index in [1.807, 2.05) is 0 Å². The van der Waals surface area contributed by atoms with E-state index in [9.17, 15) is 0 Å². The lowest BCUT2D eigenvalue weighted by atomic mass is 9.84. The van der Waals surface area contributed by atoms with Gasteiger partial charge in [0.15, 0.2) is 0 Å². The van der Waals surface area contributed by atoms with Crippen LogP contribution < -0.4 is 5.32 Å². The van der Waals surface area contributed by atoms with E-state index in [1.165, 1.54) is 37.0 Å². The Morgan fingerprint density at radius 1 is 1.41 bits per heavy atom. The molecule has 0 radical (unpaired) electrons. The van der Waals surface area contributed by atoms with Crippen molar-refractivity contribution in [2.45, 2.75) is 45.1 Å². The van der Waals surface area contributed by atoms with Gasteiger partial charge >= 0.3 is 0 Å². The van der Waals surface area contributed by atoms with Crippen molar-refractivity contribution in [3.8, 4) is 0 Å². The normalized spacial score (nSPS) is 33.2. The maximum absolute atomic E-state index is 4.14. The van der Waals surface area contributed by atoms with Gasteiger partial charge in [0.25, 0.3) is 0 Å². The second kappa shape index (κ2) is 4.65. The molecule has 1 aromatic rings. The smallest absolute Gasteiger partial charge is 0.0772 e. The van der Waals surface area contributed by atoms with Crippen molar-refractivity contribution in [1.82, 2.24) is 14.9 Å². The molecule has 2 aliphatic carbocycles. The van der Waals surface area contributed by atoms with E-state index < -0.39 is 0 Å². The van der Waals surface area contributed by atoms with E-state index in [2.05, 4.69) is 28.9 Å². The Bertz CT molecular complexity index is 390. The molecule has 3 nitrogen and oxygen atoms in total. The first kappa shape index (κ1) is 11.6. The van der Waals surface area contributed by atoms with Crippen LogP contribution in [0.15, 0.2) is 0 Å². The maximum Gasteiger partial charge on any atom is 0.0772 e. The summed E-state index contributed by atoms with van der Waals surface area (Å²) in [5, 5.41) is 7.60. The van der Waals surface area contributed by atoms with Crippen LogP contribution in [0.1, 0.15) is 48.7 Å². The predicted octanol–water partition coefficient (Wildman–Crippen LogP) is 2.93. The molecule has 17 heavy (non-hydrogen) atoms. The van der Waals surface area contributed by atoms with Crippen LogP contribution in [0.5, 0.6) is 0 Å². The highest BCUT2D eigenvalue weighted by molar-refractivity contribution is 7.05. The molecule has 4 unspecified atom stereocenters. The Morgan fingerprint density at radius 2 is 2.29 bits per heavy atom. The molecule has 4 atom stereocenters. The molecule has 0 aliphatic heterocycles. The highest BCUT2D eigenvalue weighted by Crippen LogP contribution is 2.51. The van der Waals surface area contributed by atoms with Crippen molar-refractivity contribution >= 4 is 11.5 Å². The molecule has 4 heteroatoms. The van der Waals surface area contributed by atoms with Gasteiger partial charge in [-0.05, 0) is 68.9 Å². The van der Waals surface area contributed by atoms with E-state index in [-0.39, 0.29) is 0 Å². The topological polar surface area (TPSA) is 37.8 Å². The van der Waals surface area contributed by atoms with Gasteiger partial charge in [0.1, 0.15) is 0 Å². The molecule has 1 heterocycles. The zero-order chi connectivity index (χ0) is 11.8. The van der Waals surface area contributed by atoms with Gasteiger partial charge in [-0.1, -0.05) is 10.9 Å². The Morgan fingerprint density at radius 3 is 2.82 bits per heavy atom. The van der Waals surface area contributed by atoms with Gasteiger partial charge in [-0.2, -0.15) is 0 Å². The summed E-state index contributed by atoms with van der Waals surface area (Å²) in [7, 11) is 2.07. The largest absolute Gasteiger partial charge is 0.312 e. The number of fused-ring (bicyclic) bond motifs is 2. The lowest BCUT2D eigenvalue weighted by Gasteiger charge is -2.26. The Hall–Kier alpha value is -0.480. The summed E-state index contributed by atoms with van der Waals surface area (Å²) < 4.78 is 4.06. The van der Waals surface area contributed by atoms with Crippen molar-refractivity contribution < 1.29 is 0 Å². The summed E-state index contributed by atoms with van der Waals surface area (Å²) in [5.41, 5.74) is 1.11. The van der Waals surface area contributed by atoms with E-state index in [0.717, 1.165) is 23.4 Å². The number of hydrogen-bond acceptors (Lipinski definition) is 4. The summed E-state index contributed by atoms with van der Waals surface area (Å²) in [6.45, 7) is 2.07. The van der Waals surface area contributed by atoms with Crippen molar-refractivity contribution in [3.05, 3.63) is 10.6 Å². The highest BCUT2D eigenvalue weighted by Gasteiger charge is 2.40. The summed E-state index contributed by atoms with van der Waals surface area (Å²) in [6, 6.07) is 0.472. The minimum Gasteiger partial charge on any atom is -0.312 e. The van der Waals surface area contributed by atoms with Crippen molar-refractivity contribution in [2.24, 2.45) is 17.8 Å². The van der Waals surface area contributed by atoms with Gasteiger partial charge in [-0.3, -0.25) is 0 Å². The molecule has 1 aromatic heterocycles. The van der Waals surface area contributed by atoms with E-state index in [0.29, 0.717) is 6.04 Å². The maximum atomic E-state index is 4.14. The molecule has 0 aromatic carbocycles. The fourth-order valence-corrected chi connectivity index (χ4v) is 4.65. The van der Waals surface area contributed by atoms with Crippen LogP contribution in [0.2, 0.25) is 0 Å². The summed E-state index contributed by atoms with van der Waals surface area (Å²) in [5.74, 6) is 2.99. The fraction of sp³-hybridized carbons (Fsp3) is 0.846. The fourth-order valence-electron chi connectivity index (χ4n) is 3.88. The van der Waals surface area contributed by atoms with Crippen molar-refractivity contribution in [1.29, 1.82) is 0 Å². The predicted molar refractivity (Wildman–Crippen MR) is 70.0 cm³/mol. The standard InChI is InChI=1S/C13H21N3S/c1-8-13(17-16-15-8)12(14-2)7-11-6-9-3-4-10(11)5-9/h9-12,14H,3-7H2,1-2H3. The molecule has 0 amide bonds. The van der Waals surface area contributed by atoms with Gasteiger partial charge in [0.2, 0.25) is 0 Å². The van der Waals surface area contributed by atoms with Gasteiger partial charge < -0.3 is 5.32 Å². The van der Waals surface area contributed by atoms with E-state index in [4.69, 9.17) is 0 Å². The van der Waals surface area contributed by atoms with Gasteiger partial charge in [0.05, 0.1) is 10.6 Å². The summed E-state index contributed by atoms with van der Waals surface area (Å²) >= 11 is 1.56. The zero-order valence-electron chi connectivity index (χ0n) is 10.6. The van der Waals surface area contributed by atoms with Crippen LogP contribution in [-0.4, -0.2) is 16.6 Å². The molecule has 2 aliphatic rings. The van der Waals surface area contributed by atoms with Crippen LogP contribution in [0.25, 0.3) is 0 Å². The molecule has 0 saturated heterocycles. The quantitative estimate of drug-likeness (QED) is 0.894. The molecule has 1 N–H and O–H groups in total. The number of nitrogens with one attached hydrogen (secondary N) is 1. The van der Waals surface area contributed by atoms with E-state index in [1.54, 1.807) is 11.5 Å². The third-order valence-corrected chi connectivity index (χ3v) is 5.71. The number of aryl methyl sites for hydroxylation is 1. The van der Waals surface area contributed by atoms with Gasteiger partial charge in [0, 0.05) is 6.04 Å². The molecule has 94 valence electrons. The lowest BCUT2D eigenvalue weighted by molar-refractivity contribution is 0.285. The Balaban J connectivity index is 1.69. The molecule has 3 rings (SSSR count). The first-order valence-corrected chi connectivity index (χ1v) is 7.51. The molecule has 2 bridgehead atoms. The molecule has 0 spiro atoms. The molecule has 2 saturated carbocycles. The summed E-state index contributed by atoms with van der Waals surface area (Å²) in [6.07, 6.45) is 7.22. The minimum atomic E-state index is 0.472. The van der Waals surface area contributed by atoms with E-state index >= 15 is 0 Å². The molecular formula is C13H21N3S. The second-order valence-electron chi connectivity index (χ2n) is 5.73. The molecule has 2 fully saturated rings. The molecular weight excluding hydrogens is 230 g/mol. The highest BCUT2D eigenvalue weighted by atomic mass is 32.1. The third kappa shape index (κ3) is 2.13. The third-order valence-electron chi connectivity index (χ3n) is 4.77. The number of hydrogen-bond donors (Lipinski definition) is 1. The number of rotatable bonds is 4. The monoisotopic (exact) mass is 251 g/mol.